The Kier molecular flexibility index (Phi) is 6.70. The monoisotopic (exact) mass is 300 g/mol. The lowest BCUT2D eigenvalue weighted by molar-refractivity contribution is -0.131. The first kappa shape index (κ1) is 16.8. The molecule has 2 rings (SSSR count). The van der Waals surface area contributed by atoms with E-state index in [-0.39, 0.29) is 0 Å². The Labute approximate surface area is 134 Å². The minimum absolute atomic E-state index is 0.694. The number of carboxylic acid groups (broad SMARTS) is 1. The second-order valence-electron chi connectivity index (χ2n) is 6.55. The first-order valence-corrected chi connectivity index (χ1v) is 8.70. The van der Waals surface area contributed by atoms with Gasteiger partial charge in [-0.3, -0.25) is 0 Å². The van der Waals surface area contributed by atoms with Gasteiger partial charge in [-0.1, -0.05) is 56.9 Å². The zero-order valence-electron chi connectivity index (χ0n) is 13.6. The van der Waals surface area contributed by atoms with Gasteiger partial charge in [0.25, 0.3) is 0 Å². The van der Waals surface area contributed by atoms with Gasteiger partial charge in [0, 0.05) is 6.08 Å². The molecule has 1 aliphatic carbocycles. The molecule has 2 heteroatoms. The SMILES string of the molecule is CCCCC[C@H]1CC[C@H](c2ccc(/C=C/C(=O)O)cc2)CC1. The molecular formula is C20H28O2. The van der Waals surface area contributed by atoms with Gasteiger partial charge in [-0.25, -0.2) is 4.79 Å². The van der Waals surface area contributed by atoms with Gasteiger partial charge >= 0.3 is 5.97 Å². The van der Waals surface area contributed by atoms with Gasteiger partial charge in [0.1, 0.15) is 0 Å². The number of aliphatic carboxylic acids is 1. The predicted molar refractivity (Wildman–Crippen MR) is 92.0 cm³/mol. The van der Waals surface area contributed by atoms with E-state index >= 15 is 0 Å². The molecule has 0 saturated heterocycles. The van der Waals surface area contributed by atoms with E-state index in [1.807, 2.05) is 12.1 Å². The quantitative estimate of drug-likeness (QED) is 0.522. The van der Waals surface area contributed by atoms with Crippen LogP contribution >= 0.6 is 0 Å². The van der Waals surface area contributed by atoms with Crippen molar-refractivity contribution in [3.63, 3.8) is 0 Å². The van der Waals surface area contributed by atoms with Crippen LogP contribution in [0.5, 0.6) is 0 Å². The van der Waals surface area contributed by atoms with Crippen LogP contribution in [0.25, 0.3) is 6.08 Å². The fourth-order valence-corrected chi connectivity index (χ4v) is 3.51. The topological polar surface area (TPSA) is 37.3 Å². The maximum Gasteiger partial charge on any atom is 0.328 e. The average molecular weight is 300 g/mol. The molecule has 1 aromatic carbocycles. The molecule has 1 N–H and O–H groups in total. The summed E-state index contributed by atoms with van der Waals surface area (Å²) in [7, 11) is 0. The van der Waals surface area contributed by atoms with Gasteiger partial charge in [-0.2, -0.15) is 0 Å². The number of rotatable bonds is 7. The van der Waals surface area contributed by atoms with Crippen molar-refractivity contribution in [2.75, 3.05) is 0 Å². The van der Waals surface area contributed by atoms with E-state index < -0.39 is 5.97 Å². The lowest BCUT2D eigenvalue weighted by Gasteiger charge is -2.29. The predicted octanol–water partition coefficient (Wildman–Crippen LogP) is 5.64. The lowest BCUT2D eigenvalue weighted by Crippen LogP contribution is -2.13. The van der Waals surface area contributed by atoms with E-state index in [4.69, 9.17) is 5.11 Å². The molecule has 1 saturated carbocycles. The van der Waals surface area contributed by atoms with Gasteiger partial charge in [-0.05, 0) is 54.7 Å². The van der Waals surface area contributed by atoms with Gasteiger partial charge in [-0.15, -0.1) is 0 Å². The molecule has 0 unspecified atom stereocenters. The van der Waals surface area contributed by atoms with Gasteiger partial charge < -0.3 is 5.11 Å². The average Bonchev–Trinajstić information content (AvgIpc) is 2.54. The van der Waals surface area contributed by atoms with Crippen LogP contribution in [0.3, 0.4) is 0 Å². The highest BCUT2D eigenvalue weighted by Gasteiger charge is 2.21. The number of carboxylic acids is 1. The molecule has 1 aliphatic rings. The number of hydrogen-bond donors (Lipinski definition) is 1. The van der Waals surface area contributed by atoms with Gasteiger partial charge in [0.2, 0.25) is 0 Å². The number of hydrogen-bond acceptors (Lipinski definition) is 1. The van der Waals surface area contributed by atoms with Crippen molar-refractivity contribution in [3.05, 3.63) is 41.5 Å². The van der Waals surface area contributed by atoms with Crippen molar-refractivity contribution < 1.29 is 9.90 Å². The third kappa shape index (κ3) is 5.32. The summed E-state index contributed by atoms with van der Waals surface area (Å²) in [5, 5.41) is 8.65. The van der Waals surface area contributed by atoms with Gasteiger partial charge in [0.15, 0.2) is 0 Å². The second kappa shape index (κ2) is 8.77. The fourth-order valence-electron chi connectivity index (χ4n) is 3.51. The van der Waals surface area contributed by atoms with Crippen LogP contribution in [0.4, 0.5) is 0 Å². The summed E-state index contributed by atoms with van der Waals surface area (Å²) in [4.78, 5) is 10.5. The molecule has 120 valence electrons. The first-order chi connectivity index (χ1) is 10.7. The third-order valence-electron chi connectivity index (χ3n) is 4.89. The maximum absolute atomic E-state index is 10.5. The van der Waals surface area contributed by atoms with Crippen molar-refractivity contribution in [2.24, 2.45) is 5.92 Å². The molecule has 1 aromatic rings. The van der Waals surface area contributed by atoms with Crippen LogP contribution in [0, 0.1) is 5.92 Å². The number of carbonyl (C=O) groups is 1. The second-order valence-corrected chi connectivity index (χ2v) is 6.55. The largest absolute Gasteiger partial charge is 0.478 e. The zero-order chi connectivity index (χ0) is 15.8. The fraction of sp³-hybridized carbons (Fsp3) is 0.550. The molecule has 2 nitrogen and oxygen atoms in total. The number of unbranched alkanes of at least 4 members (excludes halogenated alkanes) is 2. The Bertz CT molecular complexity index is 479. The van der Waals surface area contributed by atoms with Crippen LogP contribution in [0.15, 0.2) is 30.3 Å². The molecule has 0 spiro atoms. The van der Waals surface area contributed by atoms with E-state index in [1.54, 1.807) is 6.08 Å². The minimum atomic E-state index is -0.898. The molecular weight excluding hydrogens is 272 g/mol. The van der Waals surface area contributed by atoms with Crippen molar-refractivity contribution in [1.82, 2.24) is 0 Å². The Balaban J connectivity index is 1.82. The van der Waals surface area contributed by atoms with E-state index in [1.165, 1.54) is 63.0 Å². The highest BCUT2D eigenvalue weighted by atomic mass is 16.4. The van der Waals surface area contributed by atoms with Crippen molar-refractivity contribution in [3.8, 4) is 0 Å². The van der Waals surface area contributed by atoms with Crippen LogP contribution in [-0.2, 0) is 4.79 Å². The Morgan fingerprint density at radius 2 is 1.82 bits per heavy atom. The Morgan fingerprint density at radius 1 is 1.14 bits per heavy atom. The summed E-state index contributed by atoms with van der Waals surface area (Å²) in [5.41, 5.74) is 2.37. The standard InChI is InChI=1S/C20H28O2/c1-2-3-4-5-16-6-11-18(12-7-16)19-13-8-17(9-14-19)10-15-20(21)22/h8-10,13-16,18H,2-7,11-12H2,1H3,(H,21,22)/b15-10+/t16-,18-. The zero-order valence-corrected chi connectivity index (χ0v) is 13.6. The van der Waals surface area contributed by atoms with Gasteiger partial charge in [0.05, 0.1) is 0 Å². The molecule has 0 heterocycles. The van der Waals surface area contributed by atoms with E-state index in [2.05, 4.69) is 19.1 Å². The normalized spacial score (nSPS) is 22.0. The Hall–Kier alpha value is -1.57. The first-order valence-electron chi connectivity index (χ1n) is 8.70. The molecule has 0 aliphatic heterocycles. The summed E-state index contributed by atoms with van der Waals surface area (Å²) in [5.74, 6) is 0.742. The summed E-state index contributed by atoms with van der Waals surface area (Å²) in [6.07, 6.45) is 13.7. The molecule has 0 aromatic heterocycles. The molecule has 1 fully saturated rings. The summed E-state index contributed by atoms with van der Waals surface area (Å²) in [6.45, 7) is 2.27. The molecule has 22 heavy (non-hydrogen) atoms. The van der Waals surface area contributed by atoms with Crippen LogP contribution < -0.4 is 0 Å². The summed E-state index contributed by atoms with van der Waals surface area (Å²) in [6, 6.07) is 8.40. The minimum Gasteiger partial charge on any atom is -0.478 e. The van der Waals surface area contributed by atoms with Crippen molar-refractivity contribution in [2.45, 2.75) is 64.2 Å². The van der Waals surface area contributed by atoms with Crippen LogP contribution in [0.1, 0.15) is 75.3 Å². The van der Waals surface area contributed by atoms with E-state index in [0.29, 0.717) is 5.92 Å². The molecule has 0 radical (unpaired) electrons. The third-order valence-corrected chi connectivity index (χ3v) is 4.89. The molecule has 0 atom stereocenters. The van der Waals surface area contributed by atoms with Crippen molar-refractivity contribution >= 4 is 12.0 Å². The summed E-state index contributed by atoms with van der Waals surface area (Å²) < 4.78 is 0. The highest BCUT2D eigenvalue weighted by Crippen LogP contribution is 2.37. The maximum atomic E-state index is 10.5. The molecule has 0 bridgehead atoms. The lowest BCUT2D eigenvalue weighted by atomic mass is 9.77. The van der Waals surface area contributed by atoms with Crippen LogP contribution in [-0.4, -0.2) is 11.1 Å². The van der Waals surface area contributed by atoms with E-state index in [0.717, 1.165) is 11.5 Å². The van der Waals surface area contributed by atoms with Crippen LogP contribution in [0.2, 0.25) is 0 Å². The number of benzene rings is 1. The van der Waals surface area contributed by atoms with E-state index in [9.17, 15) is 4.79 Å². The van der Waals surface area contributed by atoms with Crippen molar-refractivity contribution in [1.29, 1.82) is 0 Å². The highest BCUT2D eigenvalue weighted by molar-refractivity contribution is 5.85. The smallest absolute Gasteiger partial charge is 0.328 e. The Morgan fingerprint density at radius 3 is 2.41 bits per heavy atom. The molecule has 0 amide bonds. The summed E-state index contributed by atoms with van der Waals surface area (Å²) >= 11 is 0.